The number of hydrogen-bond donors (Lipinski definition) is 1. The second-order valence-corrected chi connectivity index (χ2v) is 5.77. The molecule has 0 spiro atoms. The summed E-state index contributed by atoms with van der Waals surface area (Å²) in [4.78, 5) is 12.3. The van der Waals surface area contributed by atoms with E-state index in [2.05, 4.69) is 11.4 Å². The molecule has 2 aromatic carbocycles. The van der Waals surface area contributed by atoms with Crippen molar-refractivity contribution >= 4 is 17.5 Å². The fourth-order valence-electron chi connectivity index (χ4n) is 2.15. The molecule has 0 aliphatic rings. The maximum atomic E-state index is 12.3. The molecule has 0 saturated carbocycles. The largest absolute Gasteiger partial charge is 0.334 e. The highest BCUT2D eigenvalue weighted by molar-refractivity contribution is 6.33. The zero-order valence-corrected chi connectivity index (χ0v) is 13.1. The number of halogens is 1. The van der Waals surface area contributed by atoms with E-state index in [0.29, 0.717) is 23.4 Å². The lowest BCUT2D eigenvalue weighted by atomic mass is 9.94. The average Bonchev–Trinajstić information content (AvgIpc) is 2.54. The fourth-order valence-corrected chi connectivity index (χ4v) is 2.37. The van der Waals surface area contributed by atoms with Gasteiger partial charge in [-0.15, -0.1) is 0 Å². The van der Waals surface area contributed by atoms with Gasteiger partial charge in [0.25, 0.3) is 5.91 Å². The van der Waals surface area contributed by atoms with E-state index in [1.54, 1.807) is 31.2 Å². The highest BCUT2D eigenvalue weighted by atomic mass is 35.5. The second-order valence-electron chi connectivity index (χ2n) is 5.36. The number of rotatable bonds is 5. The third-order valence-corrected chi connectivity index (χ3v) is 3.84. The van der Waals surface area contributed by atoms with Gasteiger partial charge in [-0.3, -0.25) is 4.79 Å². The molecule has 0 fully saturated rings. The Balaban J connectivity index is 2.06. The van der Waals surface area contributed by atoms with Gasteiger partial charge in [0, 0.05) is 0 Å². The number of amides is 1. The fraction of sp³-hybridized carbons (Fsp3) is 0.222. The van der Waals surface area contributed by atoms with Crippen LogP contribution in [0.15, 0.2) is 54.6 Å². The lowest BCUT2D eigenvalue weighted by molar-refractivity contribution is 0.0922. The van der Waals surface area contributed by atoms with E-state index >= 15 is 0 Å². The molecule has 112 valence electrons. The van der Waals surface area contributed by atoms with Crippen LogP contribution in [0.5, 0.6) is 0 Å². The first-order valence-corrected chi connectivity index (χ1v) is 7.44. The Kier molecular flexibility index (Phi) is 5.19. The van der Waals surface area contributed by atoms with Crippen molar-refractivity contribution in [3.05, 3.63) is 70.7 Å². The third-order valence-electron chi connectivity index (χ3n) is 3.51. The number of aryl methyl sites for hydroxylation is 1. The molecule has 0 unspecified atom stereocenters. The van der Waals surface area contributed by atoms with E-state index in [1.807, 2.05) is 30.3 Å². The molecular formula is C18H17ClN2O. The maximum absolute atomic E-state index is 12.3. The summed E-state index contributed by atoms with van der Waals surface area (Å²) < 4.78 is 0. The molecular weight excluding hydrogens is 296 g/mol. The molecule has 0 saturated heterocycles. The van der Waals surface area contributed by atoms with Crippen molar-refractivity contribution in [3.63, 3.8) is 0 Å². The number of nitrogens with one attached hydrogen (secondary N) is 1. The molecule has 0 heterocycles. The number of hydrogen-bond acceptors (Lipinski definition) is 2. The number of nitriles is 1. The summed E-state index contributed by atoms with van der Waals surface area (Å²) >= 11 is 6.02. The van der Waals surface area contributed by atoms with Gasteiger partial charge < -0.3 is 5.32 Å². The molecule has 0 aliphatic carbocycles. The Morgan fingerprint density at radius 1 is 1.18 bits per heavy atom. The molecule has 0 radical (unpaired) electrons. The number of benzene rings is 2. The number of carbonyl (C=O) groups is 1. The lowest BCUT2D eigenvalue weighted by Crippen LogP contribution is -2.45. The van der Waals surface area contributed by atoms with Crippen LogP contribution in [0.3, 0.4) is 0 Å². The van der Waals surface area contributed by atoms with E-state index in [1.165, 1.54) is 0 Å². The normalized spacial score (nSPS) is 13.0. The first-order chi connectivity index (χ1) is 10.5. The van der Waals surface area contributed by atoms with Gasteiger partial charge in [0.1, 0.15) is 5.54 Å². The molecule has 0 bridgehead atoms. The first kappa shape index (κ1) is 16.1. The molecule has 0 aliphatic heterocycles. The molecule has 1 atom stereocenters. The van der Waals surface area contributed by atoms with Gasteiger partial charge in [-0.25, -0.2) is 0 Å². The predicted molar refractivity (Wildman–Crippen MR) is 87.7 cm³/mol. The van der Waals surface area contributed by atoms with Gasteiger partial charge in [-0.05, 0) is 37.5 Å². The van der Waals surface area contributed by atoms with Crippen LogP contribution in [0.25, 0.3) is 0 Å². The smallest absolute Gasteiger partial charge is 0.254 e. The second kappa shape index (κ2) is 7.11. The van der Waals surface area contributed by atoms with Gasteiger partial charge >= 0.3 is 0 Å². The molecule has 2 rings (SSSR count). The summed E-state index contributed by atoms with van der Waals surface area (Å²) in [5.74, 6) is -0.331. The highest BCUT2D eigenvalue weighted by Crippen LogP contribution is 2.18. The van der Waals surface area contributed by atoms with Crippen molar-refractivity contribution in [2.45, 2.75) is 25.3 Å². The van der Waals surface area contributed by atoms with E-state index in [0.717, 1.165) is 5.56 Å². The summed E-state index contributed by atoms with van der Waals surface area (Å²) in [6.45, 7) is 1.73. The quantitative estimate of drug-likeness (QED) is 0.907. The van der Waals surface area contributed by atoms with E-state index in [4.69, 9.17) is 11.6 Å². The molecule has 2 aromatic rings. The van der Waals surface area contributed by atoms with Crippen molar-refractivity contribution < 1.29 is 4.79 Å². The van der Waals surface area contributed by atoms with Gasteiger partial charge in [-0.1, -0.05) is 54.1 Å². The SMILES string of the molecule is C[C@@](C#N)(CCc1ccccc1)NC(=O)c1ccccc1Cl. The molecule has 0 aromatic heterocycles. The van der Waals surface area contributed by atoms with Crippen LogP contribution in [-0.4, -0.2) is 11.4 Å². The average molecular weight is 313 g/mol. The van der Waals surface area contributed by atoms with Gasteiger partial charge in [0.15, 0.2) is 0 Å². The van der Waals surface area contributed by atoms with Crippen molar-refractivity contribution in [2.75, 3.05) is 0 Å². The first-order valence-electron chi connectivity index (χ1n) is 7.06. The zero-order chi connectivity index (χ0) is 16.0. The summed E-state index contributed by atoms with van der Waals surface area (Å²) in [5.41, 5.74) is 0.577. The highest BCUT2D eigenvalue weighted by Gasteiger charge is 2.27. The topological polar surface area (TPSA) is 52.9 Å². The Morgan fingerprint density at radius 3 is 2.45 bits per heavy atom. The molecule has 3 nitrogen and oxygen atoms in total. The van der Waals surface area contributed by atoms with E-state index in [-0.39, 0.29) is 5.91 Å². The minimum atomic E-state index is -0.938. The lowest BCUT2D eigenvalue weighted by Gasteiger charge is -2.23. The number of carbonyl (C=O) groups excluding carboxylic acids is 1. The van der Waals surface area contributed by atoms with Crippen LogP contribution in [0.1, 0.15) is 29.3 Å². The minimum absolute atomic E-state index is 0.331. The molecule has 1 N–H and O–H groups in total. The Bertz CT molecular complexity index is 694. The summed E-state index contributed by atoms with van der Waals surface area (Å²) in [5, 5.41) is 12.6. The third kappa shape index (κ3) is 4.09. The zero-order valence-electron chi connectivity index (χ0n) is 12.3. The molecule has 1 amide bonds. The molecule has 22 heavy (non-hydrogen) atoms. The number of nitrogens with zero attached hydrogens (tertiary/aromatic N) is 1. The van der Waals surface area contributed by atoms with Crippen LogP contribution < -0.4 is 5.32 Å². The van der Waals surface area contributed by atoms with Crippen LogP contribution in [-0.2, 0) is 6.42 Å². The Morgan fingerprint density at radius 2 is 1.82 bits per heavy atom. The summed E-state index contributed by atoms with van der Waals surface area (Å²) in [6, 6.07) is 18.9. The van der Waals surface area contributed by atoms with Crippen LogP contribution in [0.4, 0.5) is 0 Å². The Hall–Kier alpha value is -2.31. The van der Waals surface area contributed by atoms with Crippen molar-refractivity contribution in [1.29, 1.82) is 5.26 Å². The predicted octanol–water partition coefficient (Wildman–Crippen LogP) is 3.98. The van der Waals surface area contributed by atoms with Crippen molar-refractivity contribution in [2.24, 2.45) is 0 Å². The standard InChI is InChI=1S/C18H17ClN2O/c1-18(13-20,12-11-14-7-3-2-4-8-14)21-17(22)15-9-5-6-10-16(15)19/h2-10H,11-12H2,1H3,(H,21,22)/t18-/m0/s1. The van der Waals surface area contributed by atoms with Gasteiger partial charge in [-0.2, -0.15) is 5.26 Å². The van der Waals surface area contributed by atoms with E-state index < -0.39 is 5.54 Å². The van der Waals surface area contributed by atoms with Crippen molar-refractivity contribution in [1.82, 2.24) is 5.32 Å². The minimum Gasteiger partial charge on any atom is -0.334 e. The van der Waals surface area contributed by atoms with Gasteiger partial charge in [0.2, 0.25) is 0 Å². The van der Waals surface area contributed by atoms with Crippen LogP contribution in [0.2, 0.25) is 5.02 Å². The van der Waals surface area contributed by atoms with Crippen molar-refractivity contribution in [3.8, 4) is 6.07 Å². The summed E-state index contributed by atoms with van der Waals surface area (Å²) in [7, 11) is 0. The maximum Gasteiger partial charge on any atom is 0.254 e. The van der Waals surface area contributed by atoms with Gasteiger partial charge in [0.05, 0.1) is 16.7 Å². The van der Waals surface area contributed by atoms with Crippen LogP contribution in [0, 0.1) is 11.3 Å². The van der Waals surface area contributed by atoms with Crippen LogP contribution >= 0.6 is 11.6 Å². The Labute approximate surface area is 135 Å². The monoisotopic (exact) mass is 312 g/mol. The van der Waals surface area contributed by atoms with E-state index in [9.17, 15) is 10.1 Å². The molecule has 4 heteroatoms. The summed E-state index contributed by atoms with van der Waals surface area (Å²) in [6.07, 6.45) is 1.25.